The van der Waals surface area contributed by atoms with E-state index in [1.165, 1.54) is 0 Å². The SMILES string of the molecule is Cc1ccc(C)c(S(=O)(=O)Nc2ccccc2C(=O)NCCC(=O)N2CCCCCC2)c1. The van der Waals surface area contributed by atoms with E-state index in [9.17, 15) is 18.0 Å². The summed E-state index contributed by atoms with van der Waals surface area (Å²) in [5, 5.41) is 2.75. The van der Waals surface area contributed by atoms with E-state index in [0.717, 1.165) is 44.3 Å². The normalized spacial score (nSPS) is 14.5. The molecule has 3 rings (SSSR count). The zero-order valence-corrected chi connectivity index (χ0v) is 19.5. The van der Waals surface area contributed by atoms with E-state index >= 15 is 0 Å². The van der Waals surface area contributed by atoms with Gasteiger partial charge in [-0.2, -0.15) is 0 Å². The van der Waals surface area contributed by atoms with Crippen molar-refractivity contribution in [2.24, 2.45) is 0 Å². The molecule has 2 aromatic carbocycles. The van der Waals surface area contributed by atoms with Gasteiger partial charge in [0.15, 0.2) is 0 Å². The van der Waals surface area contributed by atoms with Gasteiger partial charge in [-0.1, -0.05) is 37.1 Å². The van der Waals surface area contributed by atoms with Crippen LogP contribution < -0.4 is 10.0 Å². The molecule has 2 amide bonds. The first-order valence-electron chi connectivity index (χ1n) is 11.0. The molecule has 0 unspecified atom stereocenters. The zero-order valence-electron chi connectivity index (χ0n) is 18.7. The highest BCUT2D eigenvalue weighted by Crippen LogP contribution is 2.23. The molecule has 1 fully saturated rings. The minimum atomic E-state index is -3.87. The third-order valence-electron chi connectivity index (χ3n) is 5.63. The highest BCUT2D eigenvalue weighted by molar-refractivity contribution is 7.92. The number of amides is 2. The fraction of sp³-hybridized carbons (Fsp3) is 0.417. The van der Waals surface area contributed by atoms with Gasteiger partial charge < -0.3 is 10.2 Å². The molecule has 2 N–H and O–H groups in total. The monoisotopic (exact) mass is 457 g/mol. The number of rotatable bonds is 7. The molecule has 1 heterocycles. The van der Waals surface area contributed by atoms with Crippen LogP contribution in [0.5, 0.6) is 0 Å². The molecule has 8 heteroatoms. The summed E-state index contributed by atoms with van der Waals surface area (Å²) in [6.45, 7) is 5.30. The number of nitrogens with zero attached hydrogens (tertiary/aromatic N) is 1. The molecule has 2 aromatic rings. The van der Waals surface area contributed by atoms with E-state index in [4.69, 9.17) is 0 Å². The number of carbonyl (C=O) groups excluding carboxylic acids is 2. The number of aryl methyl sites for hydroxylation is 2. The summed E-state index contributed by atoms with van der Waals surface area (Å²) in [6, 6.07) is 11.7. The molecule has 0 atom stereocenters. The number of sulfonamides is 1. The van der Waals surface area contributed by atoms with Gasteiger partial charge in [-0.05, 0) is 56.0 Å². The Balaban J connectivity index is 1.66. The molecule has 0 saturated carbocycles. The van der Waals surface area contributed by atoms with Crippen molar-refractivity contribution < 1.29 is 18.0 Å². The van der Waals surface area contributed by atoms with Gasteiger partial charge in [-0.3, -0.25) is 14.3 Å². The van der Waals surface area contributed by atoms with Crippen LogP contribution in [0, 0.1) is 13.8 Å². The first-order chi connectivity index (χ1) is 15.3. The number of likely N-dealkylation sites (tertiary alicyclic amines) is 1. The summed E-state index contributed by atoms with van der Waals surface area (Å²) in [4.78, 5) is 27.2. The lowest BCUT2D eigenvalue weighted by atomic mass is 10.1. The van der Waals surface area contributed by atoms with Gasteiger partial charge in [0.25, 0.3) is 15.9 Å². The van der Waals surface area contributed by atoms with Gasteiger partial charge in [0, 0.05) is 26.1 Å². The molecule has 1 saturated heterocycles. The fourth-order valence-electron chi connectivity index (χ4n) is 3.82. The van der Waals surface area contributed by atoms with Gasteiger partial charge in [0.2, 0.25) is 5.91 Å². The lowest BCUT2D eigenvalue weighted by Gasteiger charge is -2.20. The summed E-state index contributed by atoms with van der Waals surface area (Å²) < 4.78 is 28.5. The topological polar surface area (TPSA) is 95.6 Å². The number of anilines is 1. The summed E-state index contributed by atoms with van der Waals surface area (Å²) in [6.07, 6.45) is 4.56. The number of benzene rings is 2. The van der Waals surface area contributed by atoms with Crippen molar-refractivity contribution in [1.29, 1.82) is 0 Å². The molecular formula is C24H31N3O4S. The minimum Gasteiger partial charge on any atom is -0.351 e. The van der Waals surface area contributed by atoms with Crippen molar-refractivity contribution in [2.45, 2.75) is 50.8 Å². The standard InChI is InChI=1S/C24H31N3O4S/c1-18-11-12-19(2)22(17-18)32(30,31)26-21-10-6-5-9-20(21)24(29)25-14-13-23(28)27-15-7-3-4-8-16-27/h5-6,9-12,17,26H,3-4,7-8,13-16H2,1-2H3,(H,25,29). The third kappa shape index (κ3) is 6.09. The Labute approximate surface area is 190 Å². The van der Waals surface area contributed by atoms with Crippen LogP contribution in [-0.2, 0) is 14.8 Å². The first-order valence-corrected chi connectivity index (χ1v) is 12.5. The Hall–Kier alpha value is -2.87. The number of para-hydroxylation sites is 1. The Kier molecular flexibility index (Phi) is 7.90. The summed E-state index contributed by atoms with van der Waals surface area (Å²) >= 11 is 0. The van der Waals surface area contributed by atoms with Crippen LogP contribution >= 0.6 is 0 Å². The van der Waals surface area contributed by atoms with E-state index in [1.807, 2.05) is 17.9 Å². The first kappa shape index (κ1) is 23.8. The van der Waals surface area contributed by atoms with Crippen molar-refractivity contribution >= 4 is 27.5 Å². The molecule has 0 bridgehead atoms. The van der Waals surface area contributed by atoms with E-state index in [0.29, 0.717) is 5.56 Å². The van der Waals surface area contributed by atoms with Gasteiger partial charge in [-0.25, -0.2) is 8.42 Å². The molecular weight excluding hydrogens is 426 g/mol. The number of nitrogens with one attached hydrogen (secondary N) is 2. The summed E-state index contributed by atoms with van der Waals surface area (Å²) in [5.74, 6) is -0.385. The van der Waals surface area contributed by atoms with Crippen molar-refractivity contribution in [1.82, 2.24) is 10.2 Å². The fourth-order valence-corrected chi connectivity index (χ4v) is 5.23. The maximum absolute atomic E-state index is 13.0. The van der Waals surface area contributed by atoms with Crippen LogP contribution in [0.2, 0.25) is 0 Å². The molecule has 0 aliphatic carbocycles. The van der Waals surface area contributed by atoms with Crippen molar-refractivity contribution in [3.8, 4) is 0 Å². The molecule has 0 radical (unpaired) electrons. The zero-order chi connectivity index (χ0) is 23.1. The van der Waals surface area contributed by atoms with E-state index in [1.54, 1.807) is 43.3 Å². The van der Waals surface area contributed by atoms with Crippen molar-refractivity contribution in [2.75, 3.05) is 24.4 Å². The maximum Gasteiger partial charge on any atom is 0.262 e. The summed E-state index contributed by atoms with van der Waals surface area (Å²) in [5.41, 5.74) is 1.86. The molecule has 0 spiro atoms. The lowest BCUT2D eigenvalue weighted by Crippen LogP contribution is -2.35. The van der Waals surface area contributed by atoms with Crippen LogP contribution in [-0.4, -0.2) is 44.8 Å². The number of hydrogen-bond donors (Lipinski definition) is 2. The quantitative estimate of drug-likeness (QED) is 0.664. The molecule has 7 nitrogen and oxygen atoms in total. The van der Waals surface area contributed by atoms with Gasteiger partial charge in [0.1, 0.15) is 0 Å². The second kappa shape index (κ2) is 10.6. The van der Waals surface area contributed by atoms with Crippen molar-refractivity contribution in [3.05, 3.63) is 59.2 Å². The highest BCUT2D eigenvalue weighted by atomic mass is 32.2. The lowest BCUT2D eigenvalue weighted by molar-refractivity contribution is -0.131. The highest BCUT2D eigenvalue weighted by Gasteiger charge is 2.21. The Morgan fingerprint density at radius 2 is 1.66 bits per heavy atom. The minimum absolute atomic E-state index is 0.0381. The van der Waals surface area contributed by atoms with Crippen LogP contribution in [0.15, 0.2) is 47.4 Å². The van der Waals surface area contributed by atoms with Gasteiger partial charge >= 0.3 is 0 Å². The molecule has 1 aliphatic rings. The second-order valence-electron chi connectivity index (χ2n) is 8.22. The van der Waals surface area contributed by atoms with E-state index in [-0.39, 0.29) is 35.0 Å². The Morgan fingerprint density at radius 1 is 0.969 bits per heavy atom. The predicted molar refractivity (Wildman–Crippen MR) is 125 cm³/mol. The molecule has 32 heavy (non-hydrogen) atoms. The van der Waals surface area contributed by atoms with Crippen LogP contribution in [0.4, 0.5) is 5.69 Å². The number of carbonyl (C=O) groups is 2. The van der Waals surface area contributed by atoms with E-state index in [2.05, 4.69) is 10.0 Å². The number of hydrogen-bond acceptors (Lipinski definition) is 4. The van der Waals surface area contributed by atoms with Crippen LogP contribution in [0.1, 0.15) is 53.6 Å². The van der Waals surface area contributed by atoms with Crippen molar-refractivity contribution in [3.63, 3.8) is 0 Å². The second-order valence-corrected chi connectivity index (χ2v) is 9.87. The van der Waals surface area contributed by atoms with E-state index < -0.39 is 15.9 Å². The smallest absolute Gasteiger partial charge is 0.262 e. The largest absolute Gasteiger partial charge is 0.351 e. The molecule has 1 aliphatic heterocycles. The third-order valence-corrected chi connectivity index (χ3v) is 7.14. The molecule has 172 valence electrons. The molecule has 0 aromatic heterocycles. The Bertz CT molecular complexity index is 1070. The van der Waals surface area contributed by atoms with Gasteiger partial charge in [0.05, 0.1) is 16.1 Å². The summed E-state index contributed by atoms with van der Waals surface area (Å²) in [7, 11) is -3.87. The Morgan fingerprint density at radius 3 is 2.38 bits per heavy atom. The van der Waals surface area contributed by atoms with Crippen LogP contribution in [0.25, 0.3) is 0 Å². The predicted octanol–water partition coefficient (Wildman–Crippen LogP) is 3.63. The van der Waals surface area contributed by atoms with Gasteiger partial charge in [-0.15, -0.1) is 0 Å². The average molecular weight is 458 g/mol. The maximum atomic E-state index is 13.0. The van der Waals surface area contributed by atoms with Crippen LogP contribution in [0.3, 0.4) is 0 Å². The average Bonchev–Trinajstić information content (AvgIpc) is 3.05.